The zero-order valence-corrected chi connectivity index (χ0v) is 15.7. The average Bonchev–Trinajstić information content (AvgIpc) is 3.04. The van der Waals surface area contributed by atoms with Crippen LogP contribution >= 0.6 is 0 Å². The Balaban J connectivity index is 1.93. The van der Waals surface area contributed by atoms with E-state index in [-0.39, 0.29) is 18.4 Å². The maximum absolute atomic E-state index is 12.7. The number of unbranched alkanes of at least 4 members (excludes halogenated alkanes) is 2. The third kappa shape index (κ3) is 5.72. The first-order valence-corrected chi connectivity index (χ1v) is 9.14. The highest BCUT2D eigenvalue weighted by molar-refractivity contribution is 5.99. The molecule has 0 saturated carbocycles. The van der Waals surface area contributed by atoms with E-state index in [4.69, 9.17) is 4.52 Å². The number of carbonyl (C=O) groups is 2. The molecular weight excluding hydrogens is 330 g/mol. The summed E-state index contributed by atoms with van der Waals surface area (Å²) in [5, 5.41) is 6.36. The molecule has 1 N–H and O–H groups in total. The van der Waals surface area contributed by atoms with Crippen LogP contribution in [0.15, 0.2) is 34.9 Å². The Bertz CT molecular complexity index is 722. The molecule has 0 spiro atoms. The van der Waals surface area contributed by atoms with Crippen molar-refractivity contribution in [2.75, 3.05) is 18.4 Å². The van der Waals surface area contributed by atoms with Crippen LogP contribution < -0.4 is 5.32 Å². The monoisotopic (exact) mass is 357 g/mol. The Kier molecular flexibility index (Phi) is 7.38. The number of likely N-dealkylation sites (N-methyl/N-ethyl adjacent to an activating group) is 1. The van der Waals surface area contributed by atoms with Gasteiger partial charge in [-0.25, -0.2) is 0 Å². The molecule has 0 radical (unpaired) electrons. The molecule has 140 valence electrons. The quantitative estimate of drug-likeness (QED) is 0.692. The number of nitrogens with zero attached hydrogens (tertiary/aromatic N) is 2. The highest BCUT2D eigenvalue weighted by Crippen LogP contribution is 2.12. The Morgan fingerprint density at radius 1 is 1.15 bits per heavy atom. The van der Waals surface area contributed by atoms with E-state index in [0.29, 0.717) is 23.7 Å². The third-order valence-electron chi connectivity index (χ3n) is 4.17. The molecule has 0 aliphatic heterocycles. The Morgan fingerprint density at radius 2 is 1.88 bits per heavy atom. The lowest BCUT2D eigenvalue weighted by molar-refractivity contribution is -0.116. The Morgan fingerprint density at radius 3 is 2.46 bits per heavy atom. The van der Waals surface area contributed by atoms with Crippen LogP contribution in [-0.4, -0.2) is 35.0 Å². The fraction of sp³-hybridized carbons (Fsp3) is 0.450. The van der Waals surface area contributed by atoms with Crippen LogP contribution in [0.1, 0.15) is 54.8 Å². The van der Waals surface area contributed by atoms with Crippen LogP contribution in [0.3, 0.4) is 0 Å². The van der Waals surface area contributed by atoms with Gasteiger partial charge in [-0.3, -0.25) is 9.59 Å². The lowest BCUT2D eigenvalue weighted by Gasteiger charge is -2.20. The number of hydrogen-bond acceptors (Lipinski definition) is 4. The topological polar surface area (TPSA) is 75.4 Å². The molecule has 6 nitrogen and oxygen atoms in total. The van der Waals surface area contributed by atoms with Gasteiger partial charge in [0, 0.05) is 18.2 Å². The van der Waals surface area contributed by atoms with Gasteiger partial charge >= 0.3 is 0 Å². The van der Waals surface area contributed by atoms with Crippen molar-refractivity contribution >= 4 is 17.6 Å². The molecule has 0 unspecified atom stereocenters. The first-order valence-electron chi connectivity index (χ1n) is 9.14. The standard InChI is InChI=1S/C20H27N3O3/c1-4-6-7-8-16-9-11-17(12-10-16)20(25)23(5-2)14-19(24)21-18-13-15(3)26-22-18/h9-13H,4-8,14H2,1-3H3,(H,21,22,24). The Labute approximate surface area is 154 Å². The van der Waals surface area contributed by atoms with Gasteiger partial charge in [0.15, 0.2) is 5.82 Å². The Hall–Kier alpha value is -2.63. The number of carbonyl (C=O) groups excluding carboxylic acids is 2. The van der Waals surface area contributed by atoms with Gasteiger partial charge in [-0.1, -0.05) is 37.1 Å². The van der Waals surface area contributed by atoms with E-state index in [9.17, 15) is 9.59 Å². The van der Waals surface area contributed by atoms with Crippen molar-refractivity contribution in [3.63, 3.8) is 0 Å². The summed E-state index contributed by atoms with van der Waals surface area (Å²) in [6.45, 7) is 6.20. The molecular formula is C20H27N3O3. The molecule has 0 aliphatic rings. The van der Waals surface area contributed by atoms with E-state index in [2.05, 4.69) is 17.4 Å². The minimum Gasteiger partial charge on any atom is -0.360 e. The van der Waals surface area contributed by atoms with E-state index in [1.165, 1.54) is 23.3 Å². The molecule has 6 heteroatoms. The largest absolute Gasteiger partial charge is 0.360 e. The third-order valence-corrected chi connectivity index (χ3v) is 4.17. The molecule has 0 bridgehead atoms. The lowest BCUT2D eigenvalue weighted by atomic mass is 10.0. The number of hydrogen-bond donors (Lipinski definition) is 1. The normalized spacial score (nSPS) is 10.6. The summed E-state index contributed by atoms with van der Waals surface area (Å²) in [7, 11) is 0. The molecule has 2 rings (SSSR count). The van der Waals surface area contributed by atoms with E-state index < -0.39 is 0 Å². The number of amides is 2. The van der Waals surface area contributed by atoms with Crippen LogP contribution in [0.4, 0.5) is 5.82 Å². The molecule has 0 atom stereocenters. The minimum absolute atomic E-state index is 0.0283. The number of aromatic nitrogens is 1. The van der Waals surface area contributed by atoms with Crippen LogP contribution in [0.25, 0.3) is 0 Å². The lowest BCUT2D eigenvalue weighted by Crippen LogP contribution is -2.37. The second kappa shape index (κ2) is 9.75. The molecule has 2 amide bonds. The summed E-state index contributed by atoms with van der Waals surface area (Å²) in [6.07, 6.45) is 4.59. The SMILES string of the molecule is CCCCCc1ccc(C(=O)N(CC)CC(=O)Nc2cc(C)on2)cc1. The van der Waals surface area contributed by atoms with Gasteiger partial charge in [-0.2, -0.15) is 0 Å². The van der Waals surface area contributed by atoms with Gasteiger partial charge in [0.2, 0.25) is 5.91 Å². The van der Waals surface area contributed by atoms with Crippen molar-refractivity contribution in [3.05, 3.63) is 47.2 Å². The van der Waals surface area contributed by atoms with E-state index in [1.54, 1.807) is 13.0 Å². The summed E-state index contributed by atoms with van der Waals surface area (Å²) in [4.78, 5) is 26.3. The number of anilines is 1. The molecule has 2 aromatic rings. The molecule has 0 aliphatic carbocycles. The predicted octanol–water partition coefficient (Wildman–Crippen LogP) is 3.82. The van der Waals surface area contributed by atoms with Crippen molar-refractivity contribution in [2.45, 2.75) is 46.5 Å². The van der Waals surface area contributed by atoms with Crippen molar-refractivity contribution in [3.8, 4) is 0 Å². The maximum atomic E-state index is 12.7. The summed E-state index contributed by atoms with van der Waals surface area (Å²) in [5.74, 6) is 0.513. The molecule has 0 fully saturated rings. The minimum atomic E-state index is -0.301. The van der Waals surface area contributed by atoms with Gasteiger partial charge in [0.05, 0.1) is 0 Å². The van der Waals surface area contributed by atoms with Crippen molar-refractivity contribution < 1.29 is 14.1 Å². The van der Waals surface area contributed by atoms with Crippen LogP contribution in [0.2, 0.25) is 0 Å². The van der Waals surface area contributed by atoms with Crippen LogP contribution in [0.5, 0.6) is 0 Å². The summed E-state index contributed by atoms with van der Waals surface area (Å²) < 4.78 is 4.91. The average molecular weight is 357 g/mol. The second-order valence-electron chi connectivity index (χ2n) is 6.34. The second-order valence-corrected chi connectivity index (χ2v) is 6.34. The van der Waals surface area contributed by atoms with Gasteiger partial charge in [-0.15, -0.1) is 0 Å². The maximum Gasteiger partial charge on any atom is 0.254 e. The summed E-state index contributed by atoms with van der Waals surface area (Å²) in [5.41, 5.74) is 1.83. The van der Waals surface area contributed by atoms with E-state index in [1.807, 2.05) is 31.2 Å². The van der Waals surface area contributed by atoms with Crippen molar-refractivity contribution in [1.29, 1.82) is 0 Å². The number of nitrogens with one attached hydrogen (secondary N) is 1. The number of rotatable bonds is 9. The zero-order valence-electron chi connectivity index (χ0n) is 15.7. The fourth-order valence-electron chi connectivity index (χ4n) is 2.68. The molecule has 1 aromatic carbocycles. The van der Waals surface area contributed by atoms with Gasteiger partial charge in [-0.05, 0) is 44.4 Å². The van der Waals surface area contributed by atoms with Crippen LogP contribution in [-0.2, 0) is 11.2 Å². The van der Waals surface area contributed by atoms with Gasteiger partial charge in [0.25, 0.3) is 5.91 Å². The van der Waals surface area contributed by atoms with Crippen molar-refractivity contribution in [1.82, 2.24) is 10.1 Å². The highest BCUT2D eigenvalue weighted by atomic mass is 16.5. The number of benzene rings is 1. The highest BCUT2D eigenvalue weighted by Gasteiger charge is 2.18. The number of aryl methyl sites for hydroxylation is 2. The van der Waals surface area contributed by atoms with E-state index in [0.717, 1.165) is 12.8 Å². The van der Waals surface area contributed by atoms with Crippen LogP contribution in [0, 0.1) is 6.92 Å². The van der Waals surface area contributed by atoms with Gasteiger partial charge in [0.1, 0.15) is 12.3 Å². The fourth-order valence-corrected chi connectivity index (χ4v) is 2.68. The smallest absolute Gasteiger partial charge is 0.254 e. The van der Waals surface area contributed by atoms with Gasteiger partial charge < -0.3 is 14.7 Å². The molecule has 1 aromatic heterocycles. The zero-order chi connectivity index (χ0) is 18.9. The molecule has 0 saturated heterocycles. The first kappa shape index (κ1) is 19.7. The van der Waals surface area contributed by atoms with E-state index >= 15 is 0 Å². The first-order chi connectivity index (χ1) is 12.5. The molecule has 26 heavy (non-hydrogen) atoms. The van der Waals surface area contributed by atoms with Crippen molar-refractivity contribution in [2.24, 2.45) is 0 Å². The summed E-state index contributed by atoms with van der Waals surface area (Å²) in [6, 6.07) is 9.30. The molecule has 1 heterocycles. The predicted molar refractivity (Wildman–Crippen MR) is 101 cm³/mol. The summed E-state index contributed by atoms with van der Waals surface area (Å²) >= 11 is 0.